The molecule has 1 aromatic rings. The summed E-state index contributed by atoms with van der Waals surface area (Å²) in [5, 5.41) is 21.5. The van der Waals surface area contributed by atoms with Crippen molar-refractivity contribution in [3.8, 4) is 0 Å². The van der Waals surface area contributed by atoms with Crippen LogP contribution in [0, 0.1) is 0 Å². The number of nitrogens with one attached hydrogen (secondary N) is 1. The van der Waals surface area contributed by atoms with Crippen molar-refractivity contribution in [2.24, 2.45) is 0 Å². The molecule has 16 heavy (non-hydrogen) atoms. The van der Waals surface area contributed by atoms with Gasteiger partial charge < -0.3 is 15.5 Å². The standard InChI is InChI=1S/C11H14ClNO3/c12-8-1-3-9(4-2-8)13-7-10(14)5-6-11(15)16/h1-4,10,13-14H,5-7H2,(H,15,16). The van der Waals surface area contributed by atoms with Gasteiger partial charge in [-0.25, -0.2) is 0 Å². The Morgan fingerprint density at radius 3 is 2.56 bits per heavy atom. The predicted octanol–water partition coefficient (Wildman–Crippen LogP) is 1.98. The van der Waals surface area contributed by atoms with E-state index in [1.165, 1.54) is 0 Å². The summed E-state index contributed by atoms with van der Waals surface area (Å²) < 4.78 is 0. The van der Waals surface area contributed by atoms with Gasteiger partial charge in [0.05, 0.1) is 6.10 Å². The van der Waals surface area contributed by atoms with Gasteiger partial charge in [-0.1, -0.05) is 11.6 Å². The number of carboxylic acid groups (broad SMARTS) is 1. The Balaban J connectivity index is 2.28. The number of carboxylic acids is 1. The highest BCUT2D eigenvalue weighted by molar-refractivity contribution is 6.30. The number of halogens is 1. The molecule has 4 nitrogen and oxygen atoms in total. The van der Waals surface area contributed by atoms with Crippen LogP contribution in [0.3, 0.4) is 0 Å². The van der Waals surface area contributed by atoms with Crippen LogP contribution in [0.1, 0.15) is 12.8 Å². The molecule has 0 aliphatic carbocycles. The van der Waals surface area contributed by atoms with Crippen LogP contribution < -0.4 is 5.32 Å². The summed E-state index contributed by atoms with van der Waals surface area (Å²) in [6.07, 6.45) is -0.439. The van der Waals surface area contributed by atoms with Gasteiger partial charge in [0.15, 0.2) is 0 Å². The zero-order valence-corrected chi connectivity index (χ0v) is 9.44. The lowest BCUT2D eigenvalue weighted by Crippen LogP contribution is -2.20. The quantitative estimate of drug-likeness (QED) is 0.715. The second-order valence-electron chi connectivity index (χ2n) is 3.47. The average Bonchev–Trinajstić information content (AvgIpc) is 2.25. The molecule has 0 aromatic heterocycles. The van der Waals surface area contributed by atoms with Crippen molar-refractivity contribution in [2.45, 2.75) is 18.9 Å². The first-order chi connectivity index (χ1) is 7.58. The molecule has 88 valence electrons. The van der Waals surface area contributed by atoms with E-state index in [4.69, 9.17) is 16.7 Å². The molecule has 0 saturated carbocycles. The Labute approximate surface area is 98.9 Å². The number of anilines is 1. The molecule has 0 aliphatic rings. The molecule has 0 fully saturated rings. The number of rotatable bonds is 6. The fourth-order valence-corrected chi connectivity index (χ4v) is 1.32. The van der Waals surface area contributed by atoms with E-state index in [2.05, 4.69) is 5.32 Å². The van der Waals surface area contributed by atoms with E-state index < -0.39 is 12.1 Å². The Bertz CT molecular complexity index is 340. The zero-order chi connectivity index (χ0) is 12.0. The molecule has 1 unspecified atom stereocenters. The lowest BCUT2D eigenvalue weighted by molar-refractivity contribution is -0.137. The number of hydrogen-bond acceptors (Lipinski definition) is 3. The normalized spacial score (nSPS) is 12.1. The summed E-state index contributed by atoms with van der Waals surface area (Å²) in [6, 6.07) is 7.08. The van der Waals surface area contributed by atoms with Gasteiger partial charge in [-0.3, -0.25) is 4.79 Å². The smallest absolute Gasteiger partial charge is 0.303 e. The third-order valence-corrected chi connectivity index (χ3v) is 2.33. The first-order valence-corrected chi connectivity index (χ1v) is 5.35. The number of aliphatic hydroxyl groups is 1. The van der Waals surface area contributed by atoms with Crippen LogP contribution in [0.4, 0.5) is 5.69 Å². The Kier molecular flexibility index (Phi) is 5.08. The highest BCUT2D eigenvalue weighted by atomic mass is 35.5. The average molecular weight is 244 g/mol. The monoisotopic (exact) mass is 243 g/mol. The van der Waals surface area contributed by atoms with Crippen LogP contribution in [0.15, 0.2) is 24.3 Å². The van der Waals surface area contributed by atoms with E-state index in [0.29, 0.717) is 11.6 Å². The highest BCUT2D eigenvalue weighted by Gasteiger charge is 2.06. The third kappa shape index (κ3) is 5.00. The number of aliphatic hydroxyl groups excluding tert-OH is 1. The van der Waals surface area contributed by atoms with Crippen LogP contribution in [-0.2, 0) is 4.79 Å². The van der Waals surface area contributed by atoms with Crippen LogP contribution in [0.5, 0.6) is 0 Å². The molecule has 0 spiro atoms. The van der Waals surface area contributed by atoms with Gasteiger partial charge in [0.2, 0.25) is 0 Å². The fraction of sp³-hybridized carbons (Fsp3) is 0.364. The third-order valence-electron chi connectivity index (χ3n) is 2.08. The van der Waals surface area contributed by atoms with Gasteiger partial charge in [0, 0.05) is 23.7 Å². The van der Waals surface area contributed by atoms with Crippen LogP contribution in [0.25, 0.3) is 0 Å². The molecular formula is C11H14ClNO3. The molecule has 1 aromatic carbocycles. The Hall–Kier alpha value is -1.26. The minimum absolute atomic E-state index is 0.0243. The lowest BCUT2D eigenvalue weighted by Gasteiger charge is -2.11. The van der Waals surface area contributed by atoms with Crippen molar-refractivity contribution in [1.29, 1.82) is 0 Å². The van der Waals surface area contributed by atoms with Crippen molar-refractivity contribution in [3.05, 3.63) is 29.3 Å². The molecule has 1 rings (SSSR count). The van der Waals surface area contributed by atoms with E-state index in [0.717, 1.165) is 5.69 Å². The minimum atomic E-state index is -0.898. The minimum Gasteiger partial charge on any atom is -0.481 e. The highest BCUT2D eigenvalue weighted by Crippen LogP contribution is 2.13. The van der Waals surface area contributed by atoms with Gasteiger partial charge in [-0.15, -0.1) is 0 Å². The van der Waals surface area contributed by atoms with Crippen molar-refractivity contribution in [1.82, 2.24) is 0 Å². The van der Waals surface area contributed by atoms with Crippen molar-refractivity contribution >= 4 is 23.3 Å². The molecule has 0 amide bonds. The number of carbonyl (C=O) groups is 1. The summed E-state index contributed by atoms with van der Waals surface area (Å²) >= 11 is 5.72. The lowest BCUT2D eigenvalue weighted by atomic mass is 10.2. The molecule has 0 bridgehead atoms. The van der Waals surface area contributed by atoms with Crippen molar-refractivity contribution in [3.63, 3.8) is 0 Å². The molecule has 5 heteroatoms. The molecule has 0 saturated heterocycles. The number of aliphatic carboxylic acids is 1. The maximum atomic E-state index is 10.3. The van der Waals surface area contributed by atoms with E-state index in [1.54, 1.807) is 24.3 Å². The SMILES string of the molecule is O=C(O)CCC(O)CNc1ccc(Cl)cc1. The summed E-state index contributed by atoms with van der Waals surface area (Å²) in [7, 11) is 0. The van der Waals surface area contributed by atoms with Crippen LogP contribution >= 0.6 is 11.6 Å². The summed E-state index contributed by atoms with van der Waals surface area (Å²) in [5.74, 6) is -0.898. The van der Waals surface area contributed by atoms with E-state index in [-0.39, 0.29) is 12.8 Å². The van der Waals surface area contributed by atoms with E-state index in [9.17, 15) is 9.90 Å². The van der Waals surface area contributed by atoms with Gasteiger partial charge in [0.1, 0.15) is 0 Å². The second kappa shape index (κ2) is 6.35. The summed E-state index contributed by atoms with van der Waals surface area (Å²) in [4.78, 5) is 10.3. The van der Waals surface area contributed by atoms with E-state index >= 15 is 0 Å². The molecule has 0 heterocycles. The maximum Gasteiger partial charge on any atom is 0.303 e. The van der Waals surface area contributed by atoms with Gasteiger partial charge in [-0.2, -0.15) is 0 Å². The van der Waals surface area contributed by atoms with Crippen molar-refractivity contribution in [2.75, 3.05) is 11.9 Å². The Morgan fingerprint density at radius 1 is 1.38 bits per heavy atom. The number of benzene rings is 1. The first-order valence-electron chi connectivity index (χ1n) is 4.97. The first kappa shape index (κ1) is 12.8. The van der Waals surface area contributed by atoms with Gasteiger partial charge in [0.25, 0.3) is 0 Å². The van der Waals surface area contributed by atoms with Crippen LogP contribution in [0.2, 0.25) is 5.02 Å². The Morgan fingerprint density at radius 2 is 2.00 bits per heavy atom. The topological polar surface area (TPSA) is 69.6 Å². The van der Waals surface area contributed by atoms with E-state index in [1.807, 2.05) is 0 Å². The molecular weight excluding hydrogens is 230 g/mol. The molecule has 0 radical (unpaired) electrons. The molecule has 0 aliphatic heterocycles. The summed E-state index contributed by atoms with van der Waals surface area (Å²) in [5.41, 5.74) is 0.846. The largest absolute Gasteiger partial charge is 0.481 e. The second-order valence-corrected chi connectivity index (χ2v) is 3.91. The molecule has 3 N–H and O–H groups in total. The summed E-state index contributed by atoms with van der Waals surface area (Å²) in [6.45, 7) is 0.328. The van der Waals surface area contributed by atoms with Crippen molar-refractivity contribution < 1.29 is 15.0 Å². The zero-order valence-electron chi connectivity index (χ0n) is 8.69. The predicted molar refractivity (Wildman–Crippen MR) is 62.8 cm³/mol. The fourth-order valence-electron chi connectivity index (χ4n) is 1.20. The van der Waals surface area contributed by atoms with Gasteiger partial charge >= 0.3 is 5.97 Å². The van der Waals surface area contributed by atoms with Crippen LogP contribution in [-0.4, -0.2) is 28.8 Å². The maximum absolute atomic E-state index is 10.3. The molecule has 1 atom stereocenters. The van der Waals surface area contributed by atoms with Gasteiger partial charge in [-0.05, 0) is 30.7 Å². The number of hydrogen-bond donors (Lipinski definition) is 3.